The van der Waals surface area contributed by atoms with Gasteiger partial charge in [0.2, 0.25) is 0 Å². The van der Waals surface area contributed by atoms with E-state index >= 15 is 0 Å². The van der Waals surface area contributed by atoms with Crippen LogP contribution >= 0.6 is 0 Å². The first-order chi connectivity index (χ1) is 8.83. The van der Waals surface area contributed by atoms with Gasteiger partial charge in [0, 0.05) is 0 Å². The number of hydrogen-bond acceptors (Lipinski definition) is 4. The summed E-state index contributed by atoms with van der Waals surface area (Å²) in [4.78, 5) is 0. The second-order valence-electron chi connectivity index (χ2n) is 10.4. The Morgan fingerprint density at radius 3 is 0.619 bits per heavy atom. The smallest absolute Gasteiger partial charge is 0.482 e. The predicted molar refractivity (Wildman–Crippen MR) is 97.3 cm³/mol. The highest BCUT2D eigenvalue weighted by Gasteiger charge is 2.44. The van der Waals surface area contributed by atoms with Crippen molar-refractivity contribution in [3.8, 4) is 0 Å². The van der Waals surface area contributed by atoms with Gasteiger partial charge < -0.3 is 17.2 Å². The van der Waals surface area contributed by atoms with E-state index in [1.807, 2.05) is 0 Å². The maximum absolute atomic E-state index is 3.87. The van der Waals surface area contributed by atoms with E-state index < -0.39 is 14.0 Å². The molecule has 0 saturated heterocycles. The molecule has 0 rings (SSSR count). The van der Waals surface area contributed by atoms with Gasteiger partial charge in [-0.25, -0.2) is 0 Å². The normalized spacial score (nSPS) is 15.4. The lowest BCUT2D eigenvalue weighted by molar-refractivity contribution is 0.377. The van der Waals surface area contributed by atoms with E-state index in [2.05, 4.69) is 100 Å². The zero-order chi connectivity index (χ0) is 17.3. The molecule has 0 aromatic heterocycles. The fraction of sp³-hybridized carbons (Fsp3) is 1.00. The highest BCUT2D eigenvalue weighted by atomic mass is 27.3. The largest absolute Gasteiger partial charge is 0.522 e. The minimum Gasteiger partial charge on any atom is -0.482 e. The van der Waals surface area contributed by atoms with Crippen LogP contribution in [-0.4, -0.2) is 36.1 Å². The summed E-state index contributed by atoms with van der Waals surface area (Å²) < 4.78 is 15.5. The molecule has 128 valence electrons. The third-order valence-electron chi connectivity index (χ3n) is 2.60. The average Bonchev–Trinajstić information content (AvgIpc) is 1.83. The summed E-state index contributed by atoms with van der Waals surface area (Å²) in [5, 5.41) is 0. The molecule has 21 heavy (non-hydrogen) atoms. The van der Waals surface area contributed by atoms with Gasteiger partial charge in [-0.1, -0.05) is 83.1 Å². The molecule has 0 radical (unpaired) electrons. The molecule has 0 aromatic rings. The highest BCUT2D eigenvalue weighted by Crippen LogP contribution is 2.14. The van der Waals surface area contributed by atoms with Gasteiger partial charge in [0.05, 0.1) is 0 Å². The lowest BCUT2D eigenvalue weighted by Crippen LogP contribution is -2.89. The van der Waals surface area contributed by atoms with Crippen molar-refractivity contribution in [2.45, 2.75) is 105 Å². The molecular formula is C16H40AlN4-. The first-order valence-corrected chi connectivity index (χ1v) is 10.5. The van der Waals surface area contributed by atoms with Crippen molar-refractivity contribution < 1.29 is 0 Å². The first-order valence-electron chi connectivity index (χ1n) is 8.15. The summed E-state index contributed by atoms with van der Waals surface area (Å²) in [7, 11) is 0. The summed E-state index contributed by atoms with van der Waals surface area (Å²) >= 11 is -2.69. The maximum Gasteiger partial charge on any atom is 0.522 e. The maximum atomic E-state index is 3.87. The van der Waals surface area contributed by atoms with Crippen molar-refractivity contribution in [2.24, 2.45) is 0 Å². The summed E-state index contributed by atoms with van der Waals surface area (Å²) in [5.74, 6) is 0. The van der Waals surface area contributed by atoms with Crippen LogP contribution < -0.4 is 17.2 Å². The standard InChI is InChI=1S/4C4H10N.Al/c4*1-4(2,3)5;/h4*5H,1-3H3;/q4*-1;+3. The molecule has 4 nitrogen and oxygen atoms in total. The molecule has 4 N–H and O–H groups in total. The topological polar surface area (TPSA) is 48.1 Å². The molecule has 0 spiro atoms. The fourth-order valence-electron chi connectivity index (χ4n) is 2.81. The Kier molecular flexibility index (Phi) is 6.59. The summed E-state index contributed by atoms with van der Waals surface area (Å²) in [6, 6.07) is 0. The van der Waals surface area contributed by atoms with E-state index in [1.54, 1.807) is 0 Å². The van der Waals surface area contributed by atoms with Gasteiger partial charge in [-0.05, 0) is 22.2 Å². The van der Waals surface area contributed by atoms with Gasteiger partial charge in [-0.3, -0.25) is 0 Å². The van der Waals surface area contributed by atoms with Crippen LogP contribution in [0.5, 0.6) is 0 Å². The predicted octanol–water partition coefficient (Wildman–Crippen LogP) is 2.97. The summed E-state index contributed by atoms with van der Waals surface area (Å²) in [6.07, 6.45) is 0. The van der Waals surface area contributed by atoms with Crippen LogP contribution in [0, 0.1) is 0 Å². The molecule has 0 atom stereocenters. The van der Waals surface area contributed by atoms with Crippen molar-refractivity contribution in [3.63, 3.8) is 0 Å². The third kappa shape index (κ3) is 11.6. The molecule has 0 aliphatic carbocycles. The minimum atomic E-state index is -2.69. The first kappa shape index (κ1) is 21.4. The van der Waals surface area contributed by atoms with E-state index in [4.69, 9.17) is 0 Å². The van der Waals surface area contributed by atoms with Crippen LogP contribution in [0.2, 0.25) is 0 Å². The van der Waals surface area contributed by atoms with Gasteiger partial charge in [-0.2, -0.15) is 0 Å². The van der Waals surface area contributed by atoms with Crippen molar-refractivity contribution >= 4 is 14.0 Å². The third-order valence-corrected chi connectivity index (χ3v) is 7.79. The Bertz CT molecular complexity index is 257. The zero-order valence-electron chi connectivity index (χ0n) is 16.6. The molecule has 0 aliphatic rings. The Hall–Kier alpha value is 0.372. The van der Waals surface area contributed by atoms with Crippen molar-refractivity contribution in [1.82, 2.24) is 17.2 Å². The lowest BCUT2D eigenvalue weighted by Gasteiger charge is -2.54. The molecule has 0 aliphatic heterocycles. The Morgan fingerprint density at radius 2 is 0.524 bits per heavy atom. The van der Waals surface area contributed by atoms with Crippen LogP contribution in [0.1, 0.15) is 83.1 Å². The fourth-order valence-corrected chi connectivity index (χ4v) is 8.44. The second kappa shape index (κ2) is 6.47. The van der Waals surface area contributed by atoms with E-state index in [1.165, 1.54) is 0 Å². The van der Waals surface area contributed by atoms with Crippen LogP contribution in [-0.2, 0) is 0 Å². The lowest BCUT2D eigenvalue weighted by atomic mass is 10.1. The average molecular weight is 316 g/mol. The van der Waals surface area contributed by atoms with Crippen LogP contribution in [0.15, 0.2) is 0 Å². The van der Waals surface area contributed by atoms with Gasteiger partial charge >= 0.3 is 14.0 Å². The van der Waals surface area contributed by atoms with Crippen LogP contribution in [0.3, 0.4) is 0 Å². The molecule has 0 bridgehead atoms. The molecule has 0 amide bonds. The SMILES string of the molecule is CC(C)(C)[NH][Al-]([NH]C(C)(C)C)([NH]C(C)(C)C)[NH]C(C)(C)C. The highest BCUT2D eigenvalue weighted by molar-refractivity contribution is 6.70. The van der Waals surface area contributed by atoms with Gasteiger partial charge in [0.1, 0.15) is 0 Å². The number of nitrogens with one attached hydrogen (secondary N) is 4. The van der Waals surface area contributed by atoms with E-state index in [-0.39, 0.29) is 22.2 Å². The van der Waals surface area contributed by atoms with Gasteiger partial charge in [0.25, 0.3) is 0 Å². The Labute approximate surface area is 136 Å². The molecule has 0 heterocycles. The molecule has 0 saturated carbocycles. The van der Waals surface area contributed by atoms with Gasteiger partial charge in [0.15, 0.2) is 0 Å². The Morgan fingerprint density at radius 1 is 0.381 bits per heavy atom. The number of rotatable bonds is 4. The molecule has 0 unspecified atom stereocenters. The van der Waals surface area contributed by atoms with Gasteiger partial charge in [-0.15, -0.1) is 0 Å². The summed E-state index contributed by atoms with van der Waals surface area (Å²) in [5.41, 5.74) is 0.109. The molecule has 0 aromatic carbocycles. The second-order valence-corrected chi connectivity index (χ2v) is 13.3. The molecule has 0 fully saturated rings. The minimum absolute atomic E-state index is 0.0272. The van der Waals surface area contributed by atoms with E-state index in [0.29, 0.717) is 0 Å². The monoisotopic (exact) mass is 315 g/mol. The number of hydrogen-bond donors (Lipinski definition) is 4. The quantitative estimate of drug-likeness (QED) is 0.603. The van der Waals surface area contributed by atoms with Crippen LogP contribution in [0.4, 0.5) is 0 Å². The van der Waals surface area contributed by atoms with E-state index in [0.717, 1.165) is 0 Å². The Balaban J connectivity index is 5.70. The van der Waals surface area contributed by atoms with Crippen LogP contribution in [0.25, 0.3) is 0 Å². The summed E-state index contributed by atoms with van der Waals surface area (Å²) in [6.45, 7) is 26.7. The zero-order valence-corrected chi connectivity index (χ0v) is 17.7. The molecular weight excluding hydrogens is 275 g/mol. The van der Waals surface area contributed by atoms with Crippen molar-refractivity contribution in [1.29, 1.82) is 0 Å². The van der Waals surface area contributed by atoms with Crippen molar-refractivity contribution in [2.75, 3.05) is 0 Å². The molecule has 5 heteroatoms. The van der Waals surface area contributed by atoms with E-state index in [9.17, 15) is 0 Å². The van der Waals surface area contributed by atoms with Crippen molar-refractivity contribution in [3.05, 3.63) is 0 Å².